The van der Waals surface area contributed by atoms with E-state index in [0.29, 0.717) is 69.3 Å². The van der Waals surface area contributed by atoms with Gasteiger partial charge in [-0.3, -0.25) is 9.69 Å². The largest absolute Gasteiger partial charge is 0.495 e. The number of halogens is 3. The highest BCUT2D eigenvalue weighted by molar-refractivity contribution is 5.95. The fourth-order valence-corrected chi connectivity index (χ4v) is 4.13. The second kappa shape index (κ2) is 16.3. The number of amides is 1. The van der Waals surface area contributed by atoms with Crippen molar-refractivity contribution in [2.24, 2.45) is 0 Å². The number of hydrogen-bond acceptors (Lipinski definition) is 10. The van der Waals surface area contributed by atoms with E-state index in [1.807, 2.05) is 0 Å². The Balaban J connectivity index is 1.45. The van der Waals surface area contributed by atoms with Crippen LogP contribution in [0.25, 0.3) is 0 Å². The average molecular weight is 585 g/mol. The third kappa shape index (κ3) is 9.99. The second-order valence-corrected chi connectivity index (χ2v) is 9.21. The van der Waals surface area contributed by atoms with Crippen LogP contribution >= 0.6 is 0 Å². The number of carbonyl (C=O) groups excluding carboxylic acids is 1. The van der Waals surface area contributed by atoms with Crippen LogP contribution in [0.15, 0.2) is 24.4 Å². The summed E-state index contributed by atoms with van der Waals surface area (Å²) in [6, 6.07) is 4.84. The molecule has 41 heavy (non-hydrogen) atoms. The Morgan fingerprint density at radius 3 is 2.27 bits per heavy atom. The number of piperazine rings is 1. The normalized spacial score (nSPS) is 14.2. The Labute approximate surface area is 238 Å². The zero-order valence-corrected chi connectivity index (χ0v) is 23.8. The molecule has 0 radical (unpaired) electrons. The Bertz CT molecular complexity index is 1100. The van der Waals surface area contributed by atoms with Gasteiger partial charge in [-0.15, -0.1) is 0 Å². The number of hydrogen-bond donors (Lipinski definition) is 2. The third-order valence-corrected chi connectivity index (χ3v) is 6.33. The lowest BCUT2D eigenvalue weighted by Gasteiger charge is -2.34. The van der Waals surface area contributed by atoms with Gasteiger partial charge in [0.25, 0.3) is 5.91 Å². The van der Waals surface area contributed by atoms with Crippen LogP contribution < -0.4 is 15.4 Å². The molecular formula is C27H39F3N6O5. The predicted octanol–water partition coefficient (Wildman–Crippen LogP) is 3.51. The number of rotatable bonds is 16. The molecule has 0 atom stereocenters. The molecule has 11 nitrogen and oxygen atoms in total. The number of nitrogens with zero attached hydrogens (tertiary/aromatic N) is 4. The van der Waals surface area contributed by atoms with Crippen LogP contribution in [0.3, 0.4) is 0 Å². The molecule has 1 aliphatic heterocycles. The maximum absolute atomic E-state index is 13.1. The van der Waals surface area contributed by atoms with Crippen molar-refractivity contribution in [3.8, 4) is 5.75 Å². The summed E-state index contributed by atoms with van der Waals surface area (Å²) >= 11 is 0. The number of carbonyl (C=O) groups is 1. The van der Waals surface area contributed by atoms with Gasteiger partial charge < -0.3 is 34.5 Å². The van der Waals surface area contributed by atoms with Crippen LogP contribution in [0.4, 0.5) is 30.6 Å². The zero-order valence-electron chi connectivity index (χ0n) is 23.8. The van der Waals surface area contributed by atoms with Gasteiger partial charge in [-0.2, -0.15) is 18.2 Å². The molecule has 0 aliphatic carbocycles. The monoisotopic (exact) mass is 584 g/mol. The maximum Gasteiger partial charge on any atom is 0.421 e. The number of nitrogens with one attached hydrogen (secondary N) is 2. The van der Waals surface area contributed by atoms with Gasteiger partial charge in [0.1, 0.15) is 17.1 Å². The minimum absolute atomic E-state index is 0.0515. The molecule has 0 saturated carbocycles. The summed E-state index contributed by atoms with van der Waals surface area (Å²) in [4.78, 5) is 24.9. The van der Waals surface area contributed by atoms with Gasteiger partial charge in [-0.1, -0.05) is 6.92 Å². The van der Waals surface area contributed by atoms with Crippen molar-refractivity contribution < 1.29 is 36.9 Å². The topological polar surface area (TPSA) is 110 Å². The molecule has 1 aromatic carbocycles. The summed E-state index contributed by atoms with van der Waals surface area (Å²) in [5.41, 5.74) is -0.125. The highest BCUT2D eigenvalue weighted by Crippen LogP contribution is 2.34. The van der Waals surface area contributed by atoms with E-state index in [4.69, 9.17) is 18.9 Å². The molecule has 0 spiro atoms. The molecule has 0 bridgehead atoms. The molecule has 0 unspecified atom stereocenters. The van der Waals surface area contributed by atoms with Gasteiger partial charge in [0.15, 0.2) is 0 Å². The van der Waals surface area contributed by atoms with Gasteiger partial charge in [0.2, 0.25) is 5.95 Å². The molecule has 1 saturated heterocycles. The van der Waals surface area contributed by atoms with Crippen molar-refractivity contribution in [1.29, 1.82) is 0 Å². The van der Waals surface area contributed by atoms with Gasteiger partial charge in [0.05, 0.1) is 45.8 Å². The van der Waals surface area contributed by atoms with E-state index < -0.39 is 11.7 Å². The van der Waals surface area contributed by atoms with Gasteiger partial charge in [-0.05, 0) is 24.6 Å². The van der Waals surface area contributed by atoms with E-state index in [9.17, 15) is 18.0 Å². The standard InChI is InChI=1S/C27H39F3N6O5/c1-4-12-39-14-16-41-17-15-40-13-11-35-7-9-36(10-8-35)25(37)20-5-6-22(23(18-20)38-3)33-26-32-19-21(27(28,29)30)24(31-2)34-26/h5-6,18-19H,4,7-17H2,1-3H3,(H2,31,32,33,34). The summed E-state index contributed by atoms with van der Waals surface area (Å²) in [5.74, 6) is -0.207. The second-order valence-electron chi connectivity index (χ2n) is 9.21. The molecule has 14 heteroatoms. The smallest absolute Gasteiger partial charge is 0.421 e. The van der Waals surface area contributed by atoms with Crippen LogP contribution in [-0.2, 0) is 20.4 Å². The number of anilines is 3. The fourth-order valence-electron chi connectivity index (χ4n) is 4.13. The summed E-state index contributed by atoms with van der Waals surface area (Å²) in [6.45, 7) is 9.02. The Hall–Kier alpha value is -3.20. The third-order valence-electron chi connectivity index (χ3n) is 6.33. The van der Waals surface area contributed by atoms with Crippen LogP contribution in [-0.4, -0.2) is 112 Å². The first-order valence-electron chi connectivity index (χ1n) is 13.6. The fraction of sp³-hybridized carbons (Fsp3) is 0.593. The van der Waals surface area contributed by atoms with Crippen molar-refractivity contribution in [2.45, 2.75) is 19.5 Å². The minimum Gasteiger partial charge on any atom is -0.495 e. The molecule has 1 aromatic heterocycles. The van der Waals surface area contributed by atoms with E-state index >= 15 is 0 Å². The molecule has 1 fully saturated rings. The predicted molar refractivity (Wildman–Crippen MR) is 148 cm³/mol. The number of aromatic nitrogens is 2. The molecule has 2 heterocycles. The molecule has 1 aliphatic rings. The molecule has 3 rings (SSSR count). The summed E-state index contributed by atoms with van der Waals surface area (Å²) in [7, 11) is 2.79. The van der Waals surface area contributed by atoms with Crippen LogP contribution in [0.1, 0.15) is 29.3 Å². The van der Waals surface area contributed by atoms with E-state index in [1.165, 1.54) is 14.2 Å². The molecule has 2 N–H and O–H groups in total. The lowest BCUT2D eigenvalue weighted by molar-refractivity contribution is -0.137. The van der Waals surface area contributed by atoms with Gasteiger partial charge in [-0.25, -0.2) is 4.98 Å². The summed E-state index contributed by atoms with van der Waals surface area (Å²) in [5, 5.41) is 5.30. The Kier molecular flexibility index (Phi) is 12.8. The van der Waals surface area contributed by atoms with Gasteiger partial charge in [0, 0.05) is 58.1 Å². The van der Waals surface area contributed by atoms with Gasteiger partial charge >= 0.3 is 6.18 Å². The van der Waals surface area contributed by atoms with E-state index in [2.05, 4.69) is 32.4 Å². The number of benzene rings is 1. The van der Waals surface area contributed by atoms with Crippen LogP contribution in [0, 0.1) is 0 Å². The maximum atomic E-state index is 13.1. The molecule has 1 amide bonds. The highest BCUT2D eigenvalue weighted by Gasteiger charge is 2.35. The Morgan fingerprint density at radius 2 is 1.66 bits per heavy atom. The zero-order chi connectivity index (χ0) is 29.7. The lowest BCUT2D eigenvalue weighted by Crippen LogP contribution is -2.49. The van der Waals surface area contributed by atoms with Crippen molar-refractivity contribution in [2.75, 3.05) is 97.2 Å². The van der Waals surface area contributed by atoms with Crippen molar-refractivity contribution in [3.63, 3.8) is 0 Å². The minimum atomic E-state index is -4.59. The molecule has 2 aromatic rings. The number of methoxy groups -OCH3 is 1. The molecular weight excluding hydrogens is 545 g/mol. The first-order chi connectivity index (χ1) is 19.8. The highest BCUT2D eigenvalue weighted by atomic mass is 19.4. The quantitative estimate of drug-likeness (QED) is 0.285. The first kappa shape index (κ1) is 32.3. The summed E-state index contributed by atoms with van der Waals surface area (Å²) in [6.07, 6.45) is -2.89. The van der Waals surface area contributed by atoms with E-state index in [0.717, 1.165) is 32.7 Å². The lowest BCUT2D eigenvalue weighted by atomic mass is 10.1. The number of ether oxygens (including phenoxy) is 4. The number of alkyl halides is 3. The van der Waals surface area contributed by atoms with E-state index in [-0.39, 0.29) is 17.7 Å². The summed E-state index contributed by atoms with van der Waals surface area (Å²) < 4.78 is 61.3. The van der Waals surface area contributed by atoms with Crippen molar-refractivity contribution >= 4 is 23.4 Å². The van der Waals surface area contributed by atoms with Crippen molar-refractivity contribution in [3.05, 3.63) is 35.5 Å². The average Bonchev–Trinajstić information content (AvgIpc) is 2.97. The van der Waals surface area contributed by atoms with Crippen molar-refractivity contribution in [1.82, 2.24) is 19.8 Å². The molecule has 228 valence electrons. The van der Waals surface area contributed by atoms with Crippen LogP contribution in [0.5, 0.6) is 5.75 Å². The van der Waals surface area contributed by atoms with Crippen LogP contribution in [0.2, 0.25) is 0 Å². The Morgan fingerprint density at radius 1 is 1.00 bits per heavy atom. The first-order valence-corrected chi connectivity index (χ1v) is 13.6. The van der Waals surface area contributed by atoms with E-state index in [1.54, 1.807) is 23.1 Å². The SMILES string of the molecule is CCCOCCOCCOCCN1CCN(C(=O)c2ccc(Nc3ncc(C(F)(F)F)c(NC)n3)c(OC)c2)CC1.